The van der Waals surface area contributed by atoms with Crippen LogP contribution in [0.2, 0.25) is 10.0 Å². The standard InChI is InChI=1S/C17H21Cl2N3O2/c1-20-7-9-21(10-8-20)17(24)15-3-2-6-22(15)16(23)12-4-5-13(18)14(19)11-12/h4-5,11,15H,2-3,6-10H2,1H3. The van der Waals surface area contributed by atoms with E-state index >= 15 is 0 Å². The molecule has 2 saturated heterocycles. The second-order valence-corrected chi connectivity index (χ2v) is 7.23. The van der Waals surface area contributed by atoms with Gasteiger partial charge in [0.05, 0.1) is 10.0 Å². The fourth-order valence-corrected chi connectivity index (χ4v) is 3.60. The lowest BCUT2D eigenvalue weighted by Crippen LogP contribution is -2.53. The van der Waals surface area contributed by atoms with E-state index in [1.165, 1.54) is 0 Å². The third-order valence-corrected chi connectivity index (χ3v) is 5.52. The molecule has 5 nitrogen and oxygen atoms in total. The van der Waals surface area contributed by atoms with Crippen LogP contribution in [0.1, 0.15) is 23.2 Å². The molecule has 2 amide bonds. The fourth-order valence-electron chi connectivity index (χ4n) is 3.30. The minimum atomic E-state index is -0.365. The Morgan fingerprint density at radius 2 is 1.75 bits per heavy atom. The third kappa shape index (κ3) is 3.53. The maximum Gasteiger partial charge on any atom is 0.254 e. The van der Waals surface area contributed by atoms with Crippen molar-refractivity contribution in [3.05, 3.63) is 33.8 Å². The average molecular weight is 370 g/mol. The summed E-state index contributed by atoms with van der Waals surface area (Å²) in [5, 5.41) is 0.767. The van der Waals surface area contributed by atoms with Gasteiger partial charge in [-0.3, -0.25) is 9.59 Å². The number of hydrogen-bond acceptors (Lipinski definition) is 3. The molecule has 130 valence electrons. The molecule has 0 radical (unpaired) electrons. The lowest BCUT2D eigenvalue weighted by molar-refractivity contribution is -0.136. The molecule has 2 fully saturated rings. The van der Waals surface area contributed by atoms with E-state index in [1.807, 2.05) is 4.90 Å². The topological polar surface area (TPSA) is 43.9 Å². The van der Waals surface area contributed by atoms with Gasteiger partial charge >= 0.3 is 0 Å². The number of piperazine rings is 1. The zero-order valence-corrected chi connectivity index (χ0v) is 15.2. The number of amides is 2. The van der Waals surface area contributed by atoms with Gasteiger partial charge in [-0.1, -0.05) is 23.2 Å². The zero-order chi connectivity index (χ0) is 17.3. The van der Waals surface area contributed by atoms with Crippen molar-refractivity contribution < 1.29 is 9.59 Å². The highest BCUT2D eigenvalue weighted by Crippen LogP contribution is 2.26. The van der Waals surface area contributed by atoms with Crippen LogP contribution in [0.25, 0.3) is 0 Å². The number of benzene rings is 1. The summed E-state index contributed by atoms with van der Waals surface area (Å²) in [6.07, 6.45) is 1.56. The average Bonchev–Trinajstić information content (AvgIpc) is 3.06. The largest absolute Gasteiger partial charge is 0.338 e. The van der Waals surface area contributed by atoms with Crippen LogP contribution in [0.15, 0.2) is 18.2 Å². The predicted molar refractivity (Wildman–Crippen MR) is 94.6 cm³/mol. The van der Waals surface area contributed by atoms with Gasteiger partial charge in [0, 0.05) is 38.3 Å². The van der Waals surface area contributed by atoms with Gasteiger partial charge in [0.25, 0.3) is 5.91 Å². The van der Waals surface area contributed by atoms with E-state index in [0.717, 1.165) is 39.0 Å². The maximum atomic E-state index is 12.8. The number of nitrogens with zero attached hydrogens (tertiary/aromatic N) is 3. The molecule has 0 bridgehead atoms. The summed E-state index contributed by atoms with van der Waals surface area (Å²) in [6.45, 7) is 3.79. The molecule has 7 heteroatoms. The van der Waals surface area contributed by atoms with Gasteiger partial charge in [-0.2, -0.15) is 0 Å². The molecular formula is C17H21Cl2N3O2. The van der Waals surface area contributed by atoms with Gasteiger partial charge in [0.1, 0.15) is 6.04 Å². The Morgan fingerprint density at radius 3 is 2.42 bits per heavy atom. The van der Waals surface area contributed by atoms with Gasteiger partial charge in [-0.05, 0) is 38.1 Å². The summed E-state index contributed by atoms with van der Waals surface area (Å²) in [5.41, 5.74) is 0.475. The number of likely N-dealkylation sites (N-methyl/N-ethyl adjacent to an activating group) is 1. The molecule has 1 aromatic carbocycles. The van der Waals surface area contributed by atoms with Gasteiger partial charge in [-0.15, -0.1) is 0 Å². The van der Waals surface area contributed by atoms with Gasteiger partial charge in [-0.25, -0.2) is 0 Å². The van der Waals surface area contributed by atoms with Crippen molar-refractivity contribution in [1.29, 1.82) is 0 Å². The Hall–Kier alpha value is -1.30. The van der Waals surface area contributed by atoms with E-state index < -0.39 is 0 Å². The Balaban J connectivity index is 1.73. The molecule has 2 aliphatic heterocycles. The summed E-state index contributed by atoms with van der Waals surface area (Å²) in [5.74, 6) is -0.0902. The summed E-state index contributed by atoms with van der Waals surface area (Å²) >= 11 is 11.9. The number of carbonyl (C=O) groups excluding carboxylic acids is 2. The van der Waals surface area contributed by atoms with Crippen LogP contribution in [-0.2, 0) is 4.79 Å². The minimum absolute atomic E-state index is 0.0639. The zero-order valence-electron chi connectivity index (χ0n) is 13.7. The fraction of sp³-hybridized carbons (Fsp3) is 0.529. The van der Waals surface area contributed by atoms with Crippen molar-refractivity contribution in [1.82, 2.24) is 14.7 Å². The van der Waals surface area contributed by atoms with E-state index in [9.17, 15) is 9.59 Å². The van der Waals surface area contributed by atoms with Crippen LogP contribution < -0.4 is 0 Å². The molecule has 1 aromatic rings. The van der Waals surface area contributed by atoms with Crippen LogP contribution in [0.3, 0.4) is 0 Å². The molecule has 24 heavy (non-hydrogen) atoms. The summed E-state index contributed by atoms with van der Waals surface area (Å²) < 4.78 is 0. The van der Waals surface area contributed by atoms with E-state index in [4.69, 9.17) is 23.2 Å². The molecule has 0 aromatic heterocycles. The van der Waals surface area contributed by atoms with Crippen molar-refractivity contribution >= 4 is 35.0 Å². The Labute approximate surface area is 152 Å². The van der Waals surface area contributed by atoms with E-state index in [0.29, 0.717) is 22.2 Å². The molecule has 3 rings (SSSR count). The molecule has 2 aliphatic rings. The predicted octanol–water partition coefficient (Wildman–Crippen LogP) is 2.37. The Morgan fingerprint density at radius 1 is 1.04 bits per heavy atom. The molecule has 1 unspecified atom stereocenters. The van der Waals surface area contributed by atoms with E-state index in [2.05, 4.69) is 11.9 Å². The smallest absolute Gasteiger partial charge is 0.254 e. The second-order valence-electron chi connectivity index (χ2n) is 6.41. The van der Waals surface area contributed by atoms with Crippen LogP contribution in [-0.4, -0.2) is 72.3 Å². The first kappa shape index (κ1) is 17.5. The third-order valence-electron chi connectivity index (χ3n) is 4.78. The number of halogens is 2. The first-order valence-corrected chi connectivity index (χ1v) is 8.96. The maximum absolute atomic E-state index is 12.8. The molecule has 1 atom stereocenters. The summed E-state index contributed by atoms with van der Waals surface area (Å²) in [4.78, 5) is 31.4. The SMILES string of the molecule is CN1CCN(C(=O)C2CCCN2C(=O)c2ccc(Cl)c(Cl)c2)CC1. The van der Waals surface area contributed by atoms with Crippen molar-refractivity contribution in [3.8, 4) is 0 Å². The van der Waals surface area contributed by atoms with Gasteiger partial charge < -0.3 is 14.7 Å². The van der Waals surface area contributed by atoms with Gasteiger partial charge in [0.15, 0.2) is 0 Å². The number of likely N-dealkylation sites (tertiary alicyclic amines) is 1. The van der Waals surface area contributed by atoms with E-state index in [-0.39, 0.29) is 17.9 Å². The molecule has 0 saturated carbocycles. The Bertz CT molecular complexity index is 645. The first-order chi connectivity index (χ1) is 11.5. The van der Waals surface area contributed by atoms with Crippen molar-refractivity contribution in [2.45, 2.75) is 18.9 Å². The Kier molecular flexibility index (Phi) is 5.33. The first-order valence-electron chi connectivity index (χ1n) is 8.20. The highest BCUT2D eigenvalue weighted by atomic mass is 35.5. The summed E-state index contributed by atoms with van der Waals surface area (Å²) in [7, 11) is 2.05. The molecule has 0 spiro atoms. The highest BCUT2D eigenvalue weighted by Gasteiger charge is 2.37. The van der Waals surface area contributed by atoms with Crippen LogP contribution >= 0.6 is 23.2 Å². The summed E-state index contributed by atoms with van der Waals surface area (Å²) in [6, 6.07) is 4.48. The molecule has 2 heterocycles. The van der Waals surface area contributed by atoms with Crippen LogP contribution in [0.4, 0.5) is 0 Å². The number of rotatable bonds is 2. The molecule has 0 N–H and O–H groups in total. The minimum Gasteiger partial charge on any atom is -0.338 e. The van der Waals surface area contributed by atoms with Gasteiger partial charge in [0.2, 0.25) is 5.91 Å². The second kappa shape index (κ2) is 7.30. The van der Waals surface area contributed by atoms with Crippen molar-refractivity contribution in [2.75, 3.05) is 39.8 Å². The quantitative estimate of drug-likeness (QED) is 0.803. The normalized spacial score (nSPS) is 22.0. The monoisotopic (exact) mass is 369 g/mol. The lowest BCUT2D eigenvalue weighted by atomic mass is 10.1. The van der Waals surface area contributed by atoms with Crippen LogP contribution in [0.5, 0.6) is 0 Å². The molecular weight excluding hydrogens is 349 g/mol. The number of carbonyl (C=O) groups is 2. The van der Waals surface area contributed by atoms with Crippen molar-refractivity contribution in [2.24, 2.45) is 0 Å². The van der Waals surface area contributed by atoms with Crippen LogP contribution in [0, 0.1) is 0 Å². The highest BCUT2D eigenvalue weighted by molar-refractivity contribution is 6.42. The van der Waals surface area contributed by atoms with E-state index in [1.54, 1.807) is 23.1 Å². The molecule has 0 aliphatic carbocycles. The lowest BCUT2D eigenvalue weighted by Gasteiger charge is -2.35. The van der Waals surface area contributed by atoms with Crippen molar-refractivity contribution in [3.63, 3.8) is 0 Å². The number of hydrogen-bond donors (Lipinski definition) is 0.